The lowest BCUT2D eigenvalue weighted by atomic mass is 9.89. The van der Waals surface area contributed by atoms with Gasteiger partial charge >= 0.3 is 0 Å². The lowest BCUT2D eigenvalue weighted by Crippen LogP contribution is -2.31. The lowest BCUT2D eigenvalue weighted by molar-refractivity contribution is 0.281. The van der Waals surface area contributed by atoms with Crippen molar-refractivity contribution in [3.8, 4) is 0 Å². The molecule has 0 radical (unpaired) electrons. The molecule has 1 saturated carbocycles. The first-order valence-corrected chi connectivity index (χ1v) is 5.68. The molecule has 1 heteroatoms. The summed E-state index contributed by atoms with van der Waals surface area (Å²) in [5.41, 5.74) is 3.35. The molecule has 0 aromatic carbocycles. The van der Waals surface area contributed by atoms with Gasteiger partial charge < -0.3 is 4.90 Å². The van der Waals surface area contributed by atoms with Crippen LogP contribution in [0.15, 0.2) is 11.3 Å². The fourth-order valence-corrected chi connectivity index (χ4v) is 2.17. The van der Waals surface area contributed by atoms with Crippen molar-refractivity contribution < 1.29 is 0 Å². The molecule has 0 aliphatic heterocycles. The van der Waals surface area contributed by atoms with E-state index in [4.69, 9.17) is 0 Å². The highest BCUT2D eigenvalue weighted by Crippen LogP contribution is 2.32. The van der Waals surface area contributed by atoms with E-state index >= 15 is 0 Å². The molecule has 1 aliphatic carbocycles. The van der Waals surface area contributed by atoms with Crippen LogP contribution in [0, 0.1) is 0 Å². The van der Waals surface area contributed by atoms with Crippen LogP contribution in [0.25, 0.3) is 0 Å². The third-order valence-electron chi connectivity index (χ3n) is 3.01. The topological polar surface area (TPSA) is 3.24 Å². The standard InChI is InChI=1S/C12H23N/c1-5-12(11-8-7-9-11)13(6-2)10(3)4/h10H,5-9H2,1-4H3. The third-order valence-corrected chi connectivity index (χ3v) is 3.01. The number of hydrogen-bond acceptors (Lipinski definition) is 1. The summed E-state index contributed by atoms with van der Waals surface area (Å²) in [5.74, 6) is 0. The van der Waals surface area contributed by atoms with Crippen LogP contribution in [0.5, 0.6) is 0 Å². The largest absolute Gasteiger partial charge is 0.373 e. The van der Waals surface area contributed by atoms with E-state index in [2.05, 4.69) is 32.6 Å². The highest BCUT2D eigenvalue weighted by atomic mass is 15.2. The molecule has 1 nitrogen and oxygen atoms in total. The molecule has 0 amide bonds. The first-order chi connectivity index (χ1) is 6.20. The molecule has 76 valence electrons. The van der Waals surface area contributed by atoms with E-state index in [-0.39, 0.29) is 0 Å². The predicted molar refractivity (Wildman–Crippen MR) is 58.7 cm³/mol. The minimum absolute atomic E-state index is 0.660. The maximum absolute atomic E-state index is 2.55. The molecule has 0 N–H and O–H groups in total. The number of allylic oxidation sites excluding steroid dienone is 2. The molecule has 0 saturated heterocycles. The van der Waals surface area contributed by atoms with Crippen LogP contribution in [0.3, 0.4) is 0 Å². The highest BCUT2D eigenvalue weighted by Gasteiger charge is 2.18. The molecule has 0 aromatic rings. The van der Waals surface area contributed by atoms with E-state index in [9.17, 15) is 0 Å². The minimum atomic E-state index is 0.660. The maximum Gasteiger partial charge on any atom is 0.0230 e. The fourth-order valence-electron chi connectivity index (χ4n) is 2.17. The zero-order valence-electron chi connectivity index (χ0n) is 9.56. The average molecular weight is 181 g/mol. The van der Waals surface area contributed by atoms with Gasteiger partial charge in [-0.05, 0) is 46.5 Å². The number of hydrogen-bond donors (Lipinski definition) is 0. The van der Waals surface area contributed by atoms with Crippen molar-refractivity contribution in [2.24, 2.45) is 0 Å². The summed E-state index contributed by atoms with van der Waals surface area (Å²) in [6, 6.07) is 0.660. The maximum atomic E-state index is 2.55. The number of rotatable bonds is 4. The van der Waals surface area contributed by atoms with Gasteiger partial charge in [0, 0.05) is 18.3 Å². The van der Waals surface area contributed by atoms with E-state index in [0.29, 0.717) is 6.04 Å². The molecular formula is C12H23N. The molecule has 0 heterocycles. The van der Waals surface area contributed by atoms with Gasteiger partial charge in [0.05, 0.1) is 0 Å². The summed E-state index contributed by atoms with van der Waals surface area (Å²) in [6.07, 6.45) is 5.33. The summed E-state index contributed by atoms with van der Waals surface area (Å²) in [5, 5.41) is 0. The minimum Gasteiger partial charge on any atom is -0.373 e. The van der Waals surface area contributed by atoms with Gasteiger partial charge in [0.15, 0.2) is 0 Å². The molecule has 0 bridgehead atoms. The molecule has 1 aliphatic rings. The van der Waals surface area contributed by atoms with Crippen LogP contribution in [0.2, 0.25) is 0 Å². The van der Waals surface area contributed by atoms with Crippen LogP contribution in [-0.4, -0.2) is 17.5 Å². The van der Waals surface area contributed by atoms with Gasteiger partial charge in [-0.15, -0.1) is 0 Å². The smallest absolute Gasteiger partial charge is 0.0230 e. The van der Waals surface area contributed by atoms with Crippen molar-refractivity contribution in [2.75, 3.05) is 6.54 Å². The second kappa shape index (κ2) is 4.69. The van der Waals surface area contributed by atoms with Crippen LogP contribution in [0.4, 0.5) is 0 Å². The van der Waals surface area contributed by atoms with Gasteiger partial charge in [0.25, 0.3) is 0 Å². The SMILES string of the molecule is CCC(=C1CCC1)N(CC)C(C)C. The van der Waals surface area contributed by atoms with Crippen LogP contribution < -0.4 is 0 Å². The normalized spacial score (nSPS) is 15.9. The van der Waals surface area contributed by atoms with Crippen molar-refractivity contribution >= 4 is 0 Å². The van der Waals surface area contributed by atoms with Gasteiger partial charge in [-0.3, -0.25) is 0 Å². The fraction of sp³-hybridized carbons (Fsp3) is 0.833. The van der Waals surface area contributed by atoms with Gasteiger partial charge in [-0.2, -0.15) is 0 Å². The van der Waals surface area contributed by atoms with Gasteiger partial charge in [0.1, 0.15) is 0 Å². The molecule has 13 heavy (non-hydrogen) atoms. The summed E-state index contributed by atoms with van der Waals surface area (Å²) in [6.45, 7) is 10.3. The Labute approximate surface area is 82.8 Å². The van der Waals surface area contributed by atoms with Gasteiger partial charge in [-0.25, -0.2) is 0 Å². The van der Waals surface area contributed by atoms with E-state index in [0.717, 1.165) is 6.54 Å². The van der Waals surface area contributed by atoms with Crippen LogP contribution >= 0.6 is 0 Å². The van der Waals surface area contributed by atoms with E-state index < -0.39 is 0 Å². The second-order valence-corrected chi connectivity index (χ2v) is 4.14. The van der Waals surface area contributed by atoms with Crippen LogP contribution in [-0.2, 0) is 0 Å². The predicted octanol–water partition coefficient (Wildman–Crippen LogP) is 3.56. The van der Waals surface area contributed by atoms with E-state index in [1.807, 2.05) is 0 Å². The first-order valence-electron chi connectivity index (χ1n) is 5.68. The molecule has 0 unspecified atom stereocenters. The Morgan fingerprint density at radius 3 is 2.15 bits per heavy atom. The quantitative estimate of drug-likeness (QED) is 0.641. The Hall–Kier alpha value is -0.460. The average Bonchev–Trinajstić information content (AvgIpc) is 1.99. The Kier molecular flexibility index (Phi) is 3.83. The zero-order valence-corrected chi connectivity index (χ0v) is 9.56. The Morgan fingerprint density at radius 2 is 1.92 bits per heavy atom. The number of nitrogens with zero attached hydrogens (tertiary/aromatic N) is 1. The van der Waals surface area contributed by atoms with Crippen molar-refractivity contribution in [1.82, 2.24) is 4.90 Å². The van der Waals surface area contributed by atoms with Crippen molar-refractivity contribution in [2.45, 2.75) is 59.4 Å². The van der Waals surface area contributed by atoms with E-state index in [1.54, 1.807) is 11.3 Å². The van der Waals surface area contributed by atoms with Crippen molar-refractivity contribution in [1.29, 1.82) is 0 Å². The summed E-state index contributed by atoms with van der Waals surface area (Å²) in [4.78, 5) is 2.55. The molecular weight excluding hydrogens is 158 g/mol. The Morgan fingerprint density at radius 1 is 1.31 bits per heavy atom. The Bertz CT molecular complexity index is 185. The monoisotopic (exact) mass is 181 g/mol. The Balaban J connectivity index is 2.73. The highest BCUT2D eigenvalue weighted by molar-refractivity contribution is 5.19. The zero-order chi connectivity index (χ0) is 9.84. The summed E-state index contributed by atoms with van der Waals surface area (Å²) in [7, 11) is 0. The molecule has 0 aromatic heterocycles. The first kappa shape index (κ1) is 10.6. The van der Waals surface area contributed by atoms with Crippen molar-refractivity contribution in [3.63, 3.8) is 0 Å². The second-order valence-electron chi connectivity index (χ2n) is 4.14. The molecule has 1 fully saturated rings. The molecule has 0 spiro atoms. The van der Waals surface area contributed by atoms with Gasteiger partial charge in [-0.1, -0.05) is 12.5 Å². The lowest BCUT2D eigenvalue weighted by Gasteiger charge is -2.34. The third kappa shape index (κ3) is 2.26. The summed E-state index contributed by atoms with van der Waals surface area (Å²) < 4.78 is 0. The molecule has 0 atom stereocenters. The summed E-state index contributed by atoms with van der Waals surface area (Å²) >= 11 is 0. The van der Waals surface area contributed by atoms with Gasteiger partial charge in [0.2, 0.25) is 0 Å². The van der Waals surface area contributed by atoms with Crippen LogP contribution in [0.1, 0.15) is 53.4 Å². The van der Waals surface area contributed by atoms with E-state index in [1.165, 1.54) is 25.7 Å². The molecule has 1 rings (SSSR count). The van der Waals surface area contributed by atoms with Crippen molar-refractivity contribution in [3.05, 3.63) is 11.3 Å².